The first-order valence-electron chi connectivity index (χ1n) is 5.64. The van der Waals surface area contributed by atoms with Gasteiger partial charge in [-0.2, -0.15) is 0 Å². The summed E-state index contributed by atoms with van der Waals surface area (Å²) in [5.41, 5.74) is 0.372. The molecule has 1 atom stereocenters. The first-order valence-corrected chi connectivity index (χ1v) is 6.18. The van der Waals surface area contributed by atoms with E-state index >= 15 is 0 Å². The molecule has 0 aromatic heterocycles. The summed E-state index contributed by atoms with van der Waals surface area (Å²) in [6, 6.07) is 0. The van der Waals surface area contributed by atoms with Crippen molar-refractivity contribution in [3.05, 3.63) is 0 Å². The molecule has 0 aromatic carbocycles. The maximum atomic E-state index is 6.08. The van der Waals surface area contributed by atoms with E-state index in [1.807, 2.05) is 0 Å². The molecule has 0 heterocycles. The third-order valence-corrected chi connectivity index (χ3v) is 4.54. The van der Waals surface area contributed by atoms with Crippen molar-refractivity contribution in [2.45, 2.75) is 52.9 Å². The van der Waals surface area contributed by atoms with Gasteiger partial charge in [0.05, 0.1) is 0 Å². The molecule has 78 valence electrons. The standard InChI is InChI=1S/C12H23Cl/c1-10(2)12(3,9-13)8-11-6-4-5-7-11/h10-11H,4-9H2,1-3H3. The van der Waals surface area contributed by atoms with E-state index in [-0.39, 0.29) is 0 Å². The van der Waals surface area contributed by atoms with Crippen molar-refractivity contribution >= 4 is 11.6 Å². The molecular weight excluding hydrogens is 180 g/mol. The molecule has 1 rings (SSSR count). The summed E-state index contributed by atoms with van der Waals surface area (Å²) >= 11 is 6.08. The van der Waals surface area contributed by atoms with Gasteiger partial charge in [0.1, 0.15) is 0 Å². The SMILES string of the molecule is CC(C)C(C)(CCl)CC1CCCC1. The molecule has 1 heteroatoms. The van der Waals surface area contributed by atoms with E-state index < -0.39 is 0 Å². The van der Waals surface area contributed by atoms with Crippen LogP contribution in [0.15, 0.2) is 0 Å². The van der Waals surface area contributed by atoms with Gasteiger partial charge in [0.2, 0.25) is 0 Å². The fourth-order valence-corrected chi connectivity index (χ4v) is 2.74. The van der Waals surface area contributed by atoms with Gasteiger partial charge in [-0.15, -0.1) is 11.6 Å². The molecule has 1 aliphatic rings. The molecule has 0 spiro atoms. The highest BCUT2D eigenvalue weighted by molar-refractivity contribution is 6.18. The number of hydrogen-bond donors (Lipinski definition) is 0. The Bertz CT molecular complexity index is 147. The first kappa shape index (κ1) is 11.4. The molecule has 1 saturated carbocycles. The van der Waals surface area contributed by atoms with E-state index in [1.54, 1.807) is 0 Å². The molecule has 0 aliphatic heterocycles. The second-order valence-electron chi connectivity index (χ2n) is 5.30. The van der Waals surface area contributed by atoms with Gasteiger partial charge in [-0.25, -0.2) is 0 Å². The zero-order valence-corrected chi connectivity index (χ0v) is 10.0. The summed E-state index contributed by atoms with van der Waals surface area (Å²) in [5.74, 6) is 2.50. The van der Waals surface area contributed by atoms with Crippen LogP contribution in [0.4, 0.5) is 0 Å². The highest BCUT2D eigenvalue weighted by Crippen LogP contribution is 2.40. The fourth-order valence-electron chi connectivity index (χ4n) is 2.32. The van der Waals surface area contributed by atoms with E-state index in [0.29, 0.717) is 11.3 Å². The average molecular weight is 203 g/mol. The lowest BCUT2D eigenvalue weighted by molar-refractivity contribution is 0.193. The van der Waals surface area contributed by atoms with E-state index in [2.05, 4.69) is 20.8 Å². The van der Waals surface area contributed by atoms with Crippen LogP contribution in [0, 0.1) is 17.3 Å². The molecule has 0 aromatic rings. The molecule has 1 aliphatic carbocycles. The van der Waals surface area contributed by atoms with Crippen LogP contribution in [0.3, 0.4) is 0 Å². The summed E-state index contributed by atoms with van der Waals surface area (Å²) in [7, 11) is 0. The summed E-state index contributed by atoms with van der Waals surface area (Å²) in [6.45, 7) is 6.96. The van der Waals surface area contributed by atoms with Crippen LogP contribution in [0.25, 0.3) is 0 Å². The first-order chi connectivity index (χ1) is 6.08. The van der Waals surface area contributed by atoms with Gasteiger partial charge in [0.15, 0.2) is 0 Å². The Morgan fingerprint density at radius 2 is 1.85 bits per heavy atom. The molecule has 1 unspecified atom stereocenters. The number of alkyl halides is 1. The van der Waals surface area contributed by atoms with Crippen molar-refractivity contribution in [3.63, 3.8) is 0 Å². The predicted molar refractivity (Wildman–Crippen MR) is 60.2 cm³/mol. The van der Waals surface area contributed by atoms with Gasteiger partial charge in [-0.3, -0.25) is 0 Å². The Hall–Kier alpha value is 0.290. The smallest absolute Gasteiger partial charge is 0.0279 e. The predicted octanol–water partition coefficient (Wildman–Crippen LogP) is 4.47. The van der Waals surface area contributed by atoms with Gasteiger partial charge in [0.25, 0.3) is 0 Å². The monoisotopic (exact) mass is 202 g/mol. The van der Waals surface area contributed by atoms with Crippen molar-refractivity contribution in [1.82, 2.24) is 0 Å². The third kappa shape index (κ3) is 2.87. The van der Waals surface area contributed by atoms with E-state index in [1.165, 1.54) is 32.1 Å². The fraction of sp³-hybridized carbons (Fsp3) is 1.00. The number of rotatable bonds is 4. The molecule has 1 fully saturated rings. The van der Waals surface area contributed by atoms with E-state index in [9.17, 15) is 0 Å². The molecule has 0 nitrogen and oxygen atoms in total. The lowest BCUT2D eigenvalue weighted by Gasteiger charge is -2.34. The van der Waals surface area contributed by atoms with Crippen LogP contribution in [-0.4, -0.2) is 5.88 Å². The average Bonchev–Trinajstić information content (AvgIpc) is 2.56. The van der Waals surface area contributed by atoms with Gasteiger partial charge < -0.3 is 0 Å². The Labute approximate surface area is 88.1 Å². The zero-order valence-electron chi connectivity index (χ0n) is 9.28. The topological polar surface area (TPSA) is 0 Å². The maximum absolute atomic E-state index is 6.08. The molecule has 0 saturated heterocycles. The van der Waals surface area contributed by atoms with Gasteiger partial charge in [-0.1, -0.05) is 46.5 Å². The van der Waals surface area contributed by atoms with Gasteiger partial charge >= 0.3 is 0 Å². The van der Waals surface area contributed by atoms with Crippen LogP contribution >= 0.6 is 11.6 Å². The molecule has 0 amide bonds. The largest absolute Gasteiger partial charge is 0.126 e. The minimum atomic E-state index is 0.372. The zero-order chi connectivity index (χ0) is 9.90. The van der Waals surface area contributed by atoms with Gasteiger partial charge in [-0.05, 0) is 23.7 Å². The highest BCUT2D eigenvalue weighted by Gasteiger charge is 2.31. The minimum absolute atomic E-state index is 0.372. The lowest BCUT2D eigenvalue weighted by Crippen LogP contribution is -2.28. The molecule has 0 radical (unpaired) electrons. The number of halogens is 1. The molecule has 0 bridgehead atoms. The van der Waals surface area contributed by atoms with Crippen LogP contribution < -0.4 is 0 Å². The Morgan fingerprint density at radius 1 is 1.31 bits per heavy atom. The van der Waals surface area contributed by atoms with Crippen LogP contribution in [0.2, 0.25) is 0 Å². The van der Waals surface area contributed by atoms with Crippen LogP contribution in [0.5, 0.6) is 0 Å². The Balaban J connectivity index is 2.46. The van der Waals surface area contributed by atoms with Crippen molar-refractivity contribution in [2.24, 2.45) is 17.3 Å². The van der Waals surface area contributed by atoms with Crippen molar-refractivity contribution in [1.29, 1.82) is 0 Å². The summed E-state index contributed by atoms with van der Waals surface area (Å²) < 4.78 is 0. The van der Waals surface area contributed by atoms with Crippen LogP contribution in [0.1, 0.15) is 52.9 Å². The van der Waals surface area contributed by atoms with E-state index in [4.69, 9.17) is 11.6 Å². The molecular formula is C12H23Cl. The highest BCUT2D eigenvalue weighted by atomic mass is 35.5. The normalized spacial score (nSPS) is 23.8. The summed E-state index contributed by atoms with van der Waals surface area (Å²) in [4.78, 5) is 0. The summed E-state index contributed by atoms with van der Waals surface area (Å²) in [6.07, 6.45) is 7.12. The second kappa shape index (κ2) is 4.68. The van der Waals surface area contributed by atoms with E-state index in [0.717, 1.165) is 11.8 Å². The summed E-state index contributed by atoms with van der Waals surface area (Å²) in [5, 5.41) is 0. The van der Waals surface area contributed by atoms with Gasteiger partial charge in [0, 0.05) is 5.88 Å². The van der Waals surface area contributed by atoms with Crippen molar-refractivity contribution in [3.8, 4) is 0 Å². The van der Waals surface area contributed by atoms with Crippen LogP contribution in [-0.2, 0) is 0 Å². The van der Waals surface area contributed by atoms with Crippen molar-refractivity contribution in [2.75, 3.05) is 5.88 Å². The molecule has 0 N–H and O–H groups in total. The van der Waals surface area contributed by atoms with Crippen molar-refractivity contribution < 1.29 is 0 Å². The quantitative estimate of drug-likeness (QED) is 0.591. The maximum Gasteiger partial charge on any atom is 0.0279 e. The third-order valence-electron chi connectivity index (χ3n) is 3.93. The second-order valence-corrected chi connectivity index (χ2v) is 5.56. The minimum Gasteiger partial charge on any atom is -0.126 e. The Morgan fingerprint density at radius 3 is 2.23 bits per heavy atom. The number of hydrogen-bond acceptors (Lipinski definition) is 0. The molecule has 13 heavy (non-hydrogen) atoms. The lowest BCUT2D eigenvalue weighted by atomic mass is 9.74. The Kier molecular flexibility index (Phi) is 4.09.